The maximum absolute atomic E-state index is 12.6. The molecule has 1 heterocycles. The van der Waals surface area contributed by atoms with Crippen LogP contribution in [-0.2, 0) is 4.79 Å². The molecule has 10 heteroatoms. The number of methoxy groups -OCH3 is 1. The molecule has 0 spiro atoms. The monoisotopic (exact) mass is 446 g/mol. The average Bonchev–Trinajstić information content (AvgIpc) is 3.07. The maximum atomic E-state index is 12.6. The molecule has 0 atom stereocenters. The molecule has 4 N–H and O–H groups in total. The second kappa shape index (κ2) is 9.02. The summed E-state index contributed by atoms with van der Waals surface area (Å²) in [4.78, 5) is 36.5. The van der Waals surface area contributed by atoms with Crippen LogP contribution in [-0.4, -0.2) is 31.9 Å². The topological polar surface area (TPSA) is 109 Å². The Morgan fingerprint density at radius 3 is 2.37 bits per heavy atom. The first-order valence-electron chi connectivity index (χ1n) is 8.80. The third-order valence-corrected chi connectivity index (χ3v) is 5.84. The van der Waals surface area contributed by atoms with Crippen LogP contribution in [0.15, 0.2) is 36.4 Å². The van der Waals surface area contributed by atoms with Crippen molar-refractivity contribution in [3.05, 3.63) is 51.9 Å². The Balaban J connectivity index is 1.74. The number of amides is 3. The van der Waals surface area contributed by atoms with Gasteiger partial charge in [-0.3, -0.25) is 25.2 Å². The van der Waals surface area contributed by atoms with E-state index in [1.165, 1.54) is 37.5 Å². The number of hydrazine groups is 1. The molecule has 1 aromatic heterocycles. The van der Waals surface area contributed by atoms with Crippen LogP contribution in [0.4, 0.5) is 11.4 Å². The molecule has 0 saturated heterocycles. The Morgan fingerprint density at radius 2 is 1.70 bits per heavy atom. The van der Waals surface area contributed by atoms with Gasteiger partial charge in [0, 0.05) is 41.5 Å². The van der Waals surface area contributed by atoms with E-state index in [9.17, 15) is 14.4 Å². The molecule has 0 fully saturated rings. The number of carbonyl (C=O) groups is 3. The summed E-state index contributed by atoms with van der Waals surface area (Å²) in [6, 6.07) is 10.1. The van der Waals surface area contributed by atoms with Crippen molar-refractivity contribution in [3.63, 3.8) is 0 Å². The number of anilines is 2. The van der Waals surface area contributed by atoms with Crippen LogP contribution >= 0.6 is 22.9 Å². The summed E-state index contributed by atoms with van der Waals surface area (Å²) in [5, 5.41) is 6.72. The van der Waals surface area contributed by atoms with Crippen molar-refractivity contribution in [2.24, 2.45) is 0 Å². The lowest BCUT2D eigenvalue weighted by molar-refractivity contribution is -0.114. The lowest BCUT2D eigenvalue weighted by atomic mass is 10.1. The summed E-state index contributed by atoms with van der Waals surface area (Å²) < 4.78 is 6.06. The van der Waals surface area contributed by atoms with Gasteiger partial charge >= 0.3 is 0 Å². The molecular weight excluding hydrogens is 428 g/mol. The van der Waals surface area contributed by atoms with E-state index in [1.807, 2.05) is 18.2 Å². The van der Waals surface area contributed by atoms with Gasteiger partial charge in [-0.15, -0.1) is 11.3 Å². The first-order valence-corrected chi connectivity index (χ1v) is 9.99. The number of hydrogen-bond acceptors (Lipinski definition) is 6. The van der Waals surface area contributed by atoms with Crippen molar-refractivity contribution >= 4 is 62.1 Å². The van der Waals surface area contributed by atoms with Crippen LogP contribution < -0.4 is 26.2 Å². The molecule has 2 aromatic carbocycles. The summed E-state index contributed by atoms with van der Waals surface area (Å²) in [6.07, 6.45) is 0. The largest absolute Gasteiger partial charge is 0.496 e. The molecule has 8 nitrogen and oxygen atoms in total. The number of carbonyl (C=O) groups excluding carboxylic acids is 3. The Labute approximate surface area is 181 Å². The van der Waals surface area contributed by atoms with E-state index in [4.69, 9.17) is 16.3 Å². The zero-order valence-corrected chi connectivity index (χ0v) is 18.0. The van der Waals surface area contributed by atoms with Crippen LogP contribution in [0, 0.1) is 0 Å². The van der Waals surface area contributed by atoms with Crippen molar-refractivity contribution < 1.29 is 19.1 Å². The predicted octanol–water partition coefficient (Wildman–Crippen LogP) is 3.64. The summed E-state index contributed by atoms with van der Waals surface area (Å²) in [7, 11) is 3.20. The second-order valence-corrected chi connectivity index (χ2v) is 7.64. The van der Waals surface area contributed by atoms with Gasteiger partial charge in [-0.2, -0.15) is 0 Å². The van der Waals surface area contributed by atoms with E-state index in [2.05, 4.69) is 21.5 Å². The van der Waals surface area contributed by atoms with Gasteiger partial charge < -0.3 is 15.4 Å². The Hall–Kier alpha value is -3.30. The number of rotatable bonds is 5. The maximum Gasteiger partial charge on any atom is 0.281 e. The first-order chi connectivity index (χ1) is 14.3. The van der Waals surface area contributed by atoms with E-state index in [1.54, 1.807) is 13.1 Å². The van der Waals surface area contributed by atoms with Crippen LogP contribution in [0.2, 0.25) is 5.02 Å². The minimum absolute atomic E-state index is 0.188. The fourth-order valence-corrected chi connectivity index (χ4v) is 4.22. The number of halogens is 1. The quantitative estimate of drug-likeness (QED) is 0.447. The van der Waals surface area contributed by atoms with Crippen molar-refractivity contribution in [3.8, 4) is 5.75 Å². The number of nitrogens with one attached hydrogen (secondary N) is 4. The minimum Gasteiger partial charge on any atom is -0.496 e. The van der Waals surface area contributed by atoms with Gasteiger partial charge in [-0.05, 0) is 30.3 Å². The third-order valence-electron chi connectivity index (χ3n) is 4.18. The smallest absolute Gasteiger partial charge is 0.281 e. The van der Waals surface area contributed by atoms with E-state index in [0.29, 0.717) is 10.7 Å². The van der Waals surface area contributed by atoms with E-state index >= 15 is 0 Å². The number of thiophene rings is 1. The van der Waals surface area contributed by atoms with Gasteiger partial charge in [0.1, 0.15) is 10.6 Å². The van der Waals surface area contributed by atoms with E-state index in [-0.39, 0.29) is 22.1 Å². The molecule has 3 rings (SSSR count). The highest BCUT2D eigenvalue weighted by atomic mass is 35.5. The van der Waals surface area contributed by atoms with Gasteiger partial charge in [0.25, 0.3) is 11.8 Å². The number of hydrogen-bond donors (Lipinski definition) is 4. The van der Waals surface area contributed by atoms with Crippen LogP contribution in [0.25, 0.3) is 10.1 Å². The summed E-state index contributed by atoms with van der Waals surface area (Å²) in [5.74, 6) is -1.12. The van der Waals surface area contributed by atoms with Gasteiger partial charge in [-0.25, -0.2) is 0 Å². The van der Waals surface area contributed by atoms with Gasteiger partial charge in [0.05, 0.1) is 17.7 Å². The standard InChI is InChI=1S/C20H19ClN4O4S/c1-10(26)23-12-5-6-13(15(8-12)29-3)19(27)24-25-20(28)18-17(21)14-7-4-11(22-2)9-16(14)30-18/h4-9,22H,1-3H3,(H,23,26)(H,24,27)(H,25,28). The average molecular weight is 447 g/mol. The molecule has 0 unspecified atom stereocenters. The van der Waals surface area contributed by atoms with Crippen molar-refractivity contribution in [1.29, 1.82) is 0 Å². The molecule has 3 aromatic rings. The van der Waals surface area contributed by atoms with Crippen LogP contribution in [0.3, 0.4) is 0 Å². The highest BCUT2D eigenvalue weighted by molar-refractivity contribution is 7.21. The fourth-order valence-electron chi connectivity index (χ4n) is 2.76. The summed E-state index contributed by atoms with van der Waals surface area (Å²) in [6.45, 7) is 1.38. The lowest BCUT2D eigenvalue weighted by Gasteiger charge is -2.12. The van der Waals surface area contributed by atoms with Crippen molar-refractivity contribution in [1.82, 2.24) is 10.9 Å². The Kier molecular flexibility index (Phi) is 6.43. The predicted molar refractivity (Wildman–Crippen MR) is 119 cm³/mol. The SMILES string of the molecule is CNc1ccc2c(Cl)c(C(=O)NNC(=O)c3ccc(NC(C)=O)cc3OC)sc2c1. The summed E-state index contributed by atoms with van der Waals surface area (Å²) >= 11 is 7.57. The Morgan fingerprint density at radius 1 is 1.00 bits per heavy atom. The molecule has 156 valence electrons. The number of benzene rings is 2. The fraction of sp³-hybridized carbons (Fsp3) is 0.150. The van der Waals surface area contributed by atoms with Gasteiger partial charge in [0.15, 0.2) is 0 Å². The van der Waals surface area contributed by atoms with Crippen LogP contribution in [0.5, 0.6) is 5.75 Å². The van der Waals surface area contributed by atoms with Crippen LogP contribution in [0.1, 0.15) is 27.0 Å². The molecule has 30 heavy (non-hydrogen) atoms. The molecule has 0 aliphatic rings. The number of fused-ring (bicyclic) bond motifs is 1. The molecule has 0 bridgehead atoms. The first kappa shape index (κ1) is 21.4. The second-order valence-electron chi connectivity index (χ2n) is 6.21. The zero-order chi connectivity index (χ0) is 21.8. The van der Waals surface area contributed by atoms with Gasteiger partial charge in [-0.1, -0.05) is 11.6 Å². The normalized spacial score (nSPS) is 10.4. The molecule has 0 aliphatic carbocycles. The molecule has 0 saturated carbocycles. The van der Waals surface area contributed by atoms with Crippen molar-refractivity contribution in [2.45, 2.75) is 6.92 Å². The molecule has 3 amide bonds. The molecule has 0 aliphatic heterocycles. The van der Waals surface area contributed by atoms with Gasteiger partial charge in [0.2, 0.25) is 5.91 Å². The molecular formula is C20H19ClN4O4S. The summed E-state index contributed by atoms with van der Waals surface area (Å²) in [5.41, 5.74) is 6.30. The van der Waals surface area contributed by atoms with E-state index in [0.717, 1.165) is 15.8 Å². The highest BCUT2D eigenvalue weighted by Gasteiger charge is 2.19. The lowest BCUT2D eigenvalue weighted by Crippen LogP contribution is -2.41. The minimum atomic E-state index is -0.579. The number of ether oxygens (including phenoxy) is 1. The molecule has 0 radical (unpaired) electrons. The third kappa shape index (κ3) is 4.47. The highest BCUT2D eigenvalue weighted by Crippen LogP contribution is 2.36. The zero-order valence-electron chi connectivity index (χ0n) is 16.4. The van der Waals surface area contributed by atoms with E-state index < -0.39 is 11.8 Å². The Bertz CT molecular complexity index is 1150. The van der Waals surface area contributed by atoms with Crippen molar-refractivity contribution in [2.75, 3.05) is 24.8 Å².